The lowest BCUT2D eigenvalue weighted by molar-refractivity contribution is 0.103. The molecule has 0 aliphatic heterocycles. The Balaban J connectivity index is 1.66. The first-order valence-corrected chi connectivity index (χ1v) is 8.16. The minimum atomic E-state index is -0.535. The van der Waals surface area contributed by atoms with Gasteiger partial charge in [-0.1, -0.05) is 24.3 Å². The number of pyridine rings is 1. The highest BCUT2D eigenvalue weighted by Crippen LogP contribution is 2.39. The van der Waals surface area contributed by atoms with Crippen molar-refractivity contribution >= 4 is 22.9 Å². The monoisotopic (exact) mass is 324 g/mol. The summed E-state index contributed by atoms with van der Waals surface area (Å²) < 4.78 is 13.6. The molecule has 0 unspecified atom stereocenters. The fraction of sp³-hybridized carbons (Fsp3) is 0.111. The number of anilines is 1. The molecule has 0 saturated heterocycles. The molecule has 1 aliphatic rings. The van der Waals surface area contributed by atoms with Gasteiger partial charge in [0.05, 0.1) is 16.8 Å². The maximum absolute atomic E-state index is 13.6. The zero-order valence-electron chi connectivity index (χ0n) is 12.2. The fourth-order valence-corrected chi connectivity index (χ4v) is 4.01. The number of thiophene rings is 1. The van der Waals surface area contributed by atoms with Gasteiger partial charge in [0.25, 0.3) is 5.91 Å². The number of halogens is 1. The molecule has 0 saturated carbocycles. The number of carbonyl (C=O) groups is 1. The maximum Gasteiger partial charge on any atom is 0.265 e. The van der Waals surface area contributed by atoms with Gasteiger partial charge in [0.1, 0.15) is 0 Å². The molecule has 0 fully saturated rings. The summed E-state index contributed by atoms with van der Waals surface area (Å²) in [5.74, 6) is -0.820. The number of rotatable bonds is 2. The number of fused-ring (bicyclic) bond motifs is 3. The number of nitrogens with zero attached hydrogens (tertiary/aromatic N) is 1. The van der Waals surface area contributed by atoms with E-state index in [0.29, 0.717) is 4.88 Å². The molecule has 0 spiro atoms. The molecule has 1 N–H and O–H groups in total. The van der Waals surface area contributed by atoms with Gasteiger partial charge in [-0.3, -0.25) is 9.78 Å². The zero-order valence-corrected chi connectivity index (χ0v) is 13.0. The first-order valence-electron chi connectivity index (χ1n) is 7.34. The average Bonchev–Trinajstić information content (AvgIpc) is 3.02. The van der Waals surface area contributed by atoms with Crippen LogP contribution in [0.1, 0.15) is 20.8 Å². The number of aromatic nitrogens is 1. The van der Waals surface area contributed by atoms with Gasteiger partial charge in [0.15, 0.2) is 5.82 Å². The van der Waals surface area contributed by atoms with E-state index in [1.54, 1.807) is 0 Å². The van der Waals surface area contributed by atoms with E-state index in [-0.39, 0.29) is 11.6 Å². The number of benzene rings is 1. The lowest BCUT2D eigenvalue weighted by Gasteiger charge is -2.15. The van der Waals surface area contributed by atoms with Gasteiger partial charge < -0.3 is 5.32 Å². The minimum Gasteiger partial charge on any atom is -0.319 e. The Morgan fingerprint density at radius 1 is 1.17 bits per heavy atom. The Hall–Kier alpha value is -2.53. The molecule has 0 bridgehead atoms. The summed E-state index contributed by atoms with van der Waals surface area (Å²) in [5, 5.41) is 2.62. The molecule has 3 nitrogen and oxygen atoms in total. The van der Waals surface area contributed by atoms with Crippen molar-refractivity contribution in [3.63, 3.8) is 0 Å². The lowest BCUT2D eigenvalue weighted by atomic mass is 9.91. The summed E-state index contributed by atoms with van der Waals surface area (Å²) >= 11 is 1.46. The highest BCUT2D eigenvalue weighted by Gasteiger charge is 2.21. The van der Waals surface area contributed by atoms with Crippen molar-refractivity contribution < 1.29 is 9.18 Å². The average molecular weight is 324 g/mol. The molecule has 1 aliphatic carbocycles. The first kappa shape index (κ1) is 14.1. The van der Waals surface area contributed by atoms with Gasteiger partial charge in [-0.05, 0) is 41.7 Å². The van der Waals surface area contributed by atoms with Crippen LogP contribution in [-0.4, -0.2) is 10.9 Å². The van der Waals surface area contributed by atoms with Crippen molar-refractivity contribution in [3.05, 3.63) is 70.6 Å². The first-order chi connectivity index (χ1) is 11.2. The molecule has 0 radical (unpaired) electrons. The van der Waals surface area contributed by atoms with Gasteiger partial charge in [-0.15, -0.1) is 11.3 Å². The molecule has 114 valence electrons. The van der Waals surface area contributed by atoms with Crippen LogP contribution in [0, 0.1) is 5.82 Å². The van der Waals surface area contributed by atoms with Crippen LogP contribution in [0.15, 0.2) is 48.8 Å². The van der Waals surface area contributed by atoms with E-state index in [0.717, 1.165) is 23.9 Å². The summed E-state index contributed by atoms with van der Waals surface area (Å²) in [6.07, 6.45) is 4.46. The smallest absolute Gasteiger partial charge is 0.265 e. The summed E-state index contributed by atoms with van der Waals surface area (Å²) in [7, 11) is 0. The Morgan fingerprint density at radius 3 is 2.87 bits per heavy atom. The summed E-state index contributed by atoms with van der Waals surface area (Å²) in [5.41, 5.74) is 3.85. The third-order valence-electron chi connectivity index (χ3n) is 3.98. The number of aryl methyl sites for hydroxylation is 2. The summed E-state index contributed by atoms with van der Waals surface area (Å²) in [4.78, 5) is 17.8. The van der Waals surface area contributed by atoms with Crippen molar-refractivity contribution in [1.82, 2.24) is 4.98 Å². The highest BCUT2D eigenvalue weighted by atomic mass is 32.1. The summed E-state index contributed by atoms with van der Waals surface area (Å²) in [6, 6.07) is 11.6. The minimum absolute atomic E-state index is 0.150. The summed E-state index contributed by atoms with van der Waals surface area (Å²) in [6.45, 7) is 0. The number of hydrogen-bond donors (Lipinski definition) is 1. The van der Waals surface area contributed by atoms with E-state index in [4.69, 9.17) is 0 Å². The third-order valence-corrected chi connectivity index (χ3v) is 5.19. The standard InChI is InChI=1S/C18H13FN2OS/c19-14-10-20-8-7-15(14)21-18(22)16-9-12-6-5-11-3-1-2-4-13(11)17(12)23-16/h1-4,7-10H,5-6H2,(H,20,21,22). The Morgan fingerprint density at radius 2 is 2.00 bits per heavy atom. The van der Waals surface area contributed by atoms with E-state index < -0.39 is 5.82 Å². The van der Waals surface area contributed by atoms with Gasteiger partial charge >= 0.3 is 0 Å². The lowest BCUT2D eigenvalue weighted by Crippen LogP contribution is -2.11. The molecule has 0 atom stereocenters. The second-order valence-corrected chi connectivity index (χ2v) is 6.48. The van der Waals surface area contributed by atoms with Gasteiger partial charge in [-0.2, -0.15) is 0 Å². The van der Waals surface area contributed by atoms with Gasteiger partial charge in [0.2, 0.25) is 0 Å². The topological polar surface area (TPSA) is 42.0 Å². The van der Waals surface area contributed by atoms with E-state index in [2.05, 4.69) is 22.4 Å². The number of nitrogens with one attached hydrogen (secondary N) is 1. The fourth-order valence-electron chi connectivity index (χ4n) is 2.84. The van der Waals surface area contributed by atoms with Crippen LogP contribution >= 0.6 is 11.3 Å². The highest BCUT2D eigenvalue weighted by molar-refractivity contribution is 7.17. The maximum atomic E-state index is 13.6. The molecule has 4 rings (SSSR count). The molecule has 1 aromatic carbocycles. The second kappa shape index (κ2) is 5.59. The van der Waals surface area contributed by atoms with Crippen molar-refractivity contribution in [2.75, 3.05) is 5.32 Å². The van der Waals surface area contributed by atoms with Crippen LogP contribution in [0.2, 0.25) is 0 Å². The van der Waals surface area contributed by atoms with Gasteiger partial charge in [0, 0.05) is 11.1 Å². The number of carbonyl (C=O) groups excluding carboxylic acids is 1. The van der Waals surface area contributed by atoms with Crippen molar-refractivity contribution in [2.45, 2.75) is 12.8 Å². The predicted molar refractivity (Wildman–Crippen MR) is 89.3 cm³/mol. The third kappa shape index (κ3) is 2.53. The SMILES string of the molecule is O=C(Nc1ccncc1F)c1cc2c(s1)-c1ccccc1CC2. The van der Waals surface area contributed by atoms with Crippen LogP contribution < -0.4 is 5.32 Å². The van der Waals surface area contributed by atoms with Gasteiger partial charge in [-0.25, -0.2) is 4.39 Å². The number of hydrogen-bond acceptors (Lipinski definition) is 3. The molecular formula is C18H13FN2OS. The Labute approximate surface area is 136 Å². The van der Waals surface area contributed by atoms with E-state index in [1.807, 2.05) is 18.2 Å². The van der Waals surface area contributed by atoms with E-state index in [1.165, 1.54) is 40.3 Å². The van der Waals surface area contributed by atoms with Crippen molar-refractivity contribution in [2.24, 2.45) is 0 Å². The largest absolute Gasteiger partial charge is 0.319 e. The van der Waals surface area contributed by atoms with Crippen molar-refractivity contribution in [1.29, 1.82) is 0 Å². The number of amides is 1. The second-order valence-electron chi connectivity index (χ2n) is 5.43. The molecule has 5 heteroatoms. The normalized spacial score (nSPS) is 12.4. The zero-order chi connectivity index (χ0) is 15.8. The van der Waals surface area contributed by atoms with Crippen molar-refractivity contribution in [3.8, 4) is 10.4 Å². The van der Waals surface area contributed by atoms with Crippen LogP contribution in [-0.2, 0) is 12.8 Å². The van der Waals surface area contributed by atoms with E-state index >= 15 is 0 Å². The van der Waals surface area contributed by atoms with Crippen LogP contribution in [0.5, 0.6) is 0 Å². The quantitative estimate of drug-likeness (QED) is 0.763. The predicted octanol–water partition coefficient (Wildman–Crippen LogP) is 4.30. The Bertz CT molecular complexity index is 904. The van der Waals surface area contributed by atoms with Crippen LogP contribution in [0.4, 0.5) is 10.1 Å². The van der Waals surface area contributed by atoms with Crippen LogP contribution in [0.3, 0.4) is 0 Å². The van der Waals surface area contributed by atoms with E-state index in [9.17, 15) is 9.18 Å². The molecule has 23 heavy (non-hydrogen) atoms. The molecule has 1 amide bonds. The molecule has 2 heterocycles. The molecule has 3 aromatic rings. The Kier molecular flexibility index (Phi) is 3.42. The molecule has 2 aromatic heterocycles. The van der Waals surface area contributed by atoms with Crippen LogP contribution in [0.25, 0.3) is 10.4 Å². The molecular weight excluding hydrogens is 311 g/mol.